The van der Waals surface area contributed by atoms with E-state index in [0.717, 1.165) is 23.8 Å². The third-order valence-corrected chi connectivity index (χ3v) is 6.79. The van der Waals surface area contributed by atoms with Crippen molar-refractivity contribution in [2.75, 3.05) is 20.8 Å². The Hall–Kier alpha value is 0.0969. The SMILES string of the molecule is CO[SiH](OC)N1CCC(C)C2CCC(C)CC21. The largest absolute Gasteiger partial charge is 0.410 e. The molecule has 4 atom stereocenters. The lowest BCUT2D eigenvalue weighted by molar-refractivity contribution is 0.0310. The fraction of sp³-hybridized carbons (Fsp3) is 1.00. The number of nitrogens with zero attached hydrogens (tertiary/aromatic N) is 1. The first kappa shape index (κ1) is 13.5. The Balaban J connectivity index is 2.11. The van der Waals surface area contributed by atoms with Gasteiger partial charge in [0.25, 0.3) is 0 Å². The minimum absolute atomic E-state index is 0.721. The molecule has 1 aliphatic carbocycles. The zero-order valence-electron chi connectivity index (χ0n) is 11.7. The summed E-state index contributed by atoms with van der Waals surface area (Å²) in [6, 6.07) is 0.721. The molecule has 4 heteroatoms. The Bertz CT molecular complexity index is 248. The van der Waals surface area contributed by atoms with Gasteiger partial charge in [0.1, 0.15) is 0 Å². The third-order valence-electron chi connectivity index (χ3n) is 4.80. The second kappa shape index (κ2) is 5.82. The summed E-state index contributed by atoms with van der Waals surface area (Å²) in [6.07, 6.45) is 5.46. The van der Waals surface area contributed by atoms with E-state index >= 15 is 0 Å². The smallest absolute Gasteiger partial charge is 0.388 e. The molecule has 1 aliphatic heterocycles. The van der Waals surface area contributed by atoms with Crippen LogP contribution in [0.3, 0.4) is 0 Å². The molecule has 0 radical (unpaired) electrons. The van der Waals surface area contributed by atoms with Gasteiger partial charge >= 0.3 is 9.45 Å². The standard InChI is InChI=1S/C13H27NO2Si/c1-10-5-6-12-11(2)7-8-14(13(12)9-10)17(15-3)16-4/h10-13,17H,5-9H2,1-4H3. The molecule has 17 heavy (non-hydrogen) atoms. The van der Waals surface area contributed by atoms with Crippen molar-refractivity contribution >= 4 is 9.45 Å². The van der Waals surface area contributed by atoms with Gasteiger partial charge < -0.3 is 8.85 Å². The van der Waals surface area contributed by atoms with Crippen LogP contribution in [0, 0.1) is 17.8 Å². The van der Waals surface area contributed by atoms with Crippen LogP contribution in [-0.2, 0) is 8.85 Å². The normalized spacial score (nSPS) is 39.4. The first-order chi connectivity index (χ1) is 8.17. The van der Waals surface area contributed by atoms with Crippen LogP contribution < -0.4 is 0 Å². The van der Waals surface area contributed by atoms with Crippen LogP contribution in [0.25, 0.3) is 0 Å². The Labute approximate surface area is 107 Å². The van der Waals surface area contributed by atoms with Crippen LogP contribution in [0.2, 0.25) is 0 Å². The van der Waals surface area contributed by atoms with Crippen molar-refractivity contribution in [3.63, 3.8) is 0 Å². The highest BCUT2D eigenvalue weighted by atomic mass is 28.3. The molecule has 0 N–H and O–H groups in total. The summed E-state index contributed by atoms with van der Waals surface area (Å²) < 4.78 is 13.8. The maximum atomic E-state index is 5.60. The highest BCUT2D eigenvalue weighted by molar-refractivity contribution is 6.41. The number of hydrogen-bond donors (Lipinski definition) is 0. The van der Waals surface area contributed by atoms with Gasteiger partial charge in [-0.1, -0.05) is 20.3 Å². The van der Waals surface area contributed by atoms with Crippen LogP contribution in [0.15, 0.2) is 0 Å². The molecule has 0 aromatic rings. The van der Waals surface area contributed by atoms with Crippen molar-refractivity contribution in [3.05, 3.63) is 0 Å². The maximum Gasteiger partial charge on any atom is 0.410 e. The van der Waals surface area contributed by atoms with Crippen LogP contribution in [0.5, 0.6) is 0 Å². The van der Waals surface area contributed by atoms with Crippen molar-refractivity contribution < 1.29 is 8.85 Å². The summed E-state index contributed by atoms with van der Waals surface area (Å²) in [5, 5.41) is 0. The third kappa shape index (κ3) is 2.75. The first-order valence-corrected chi connectivity index (χ1v) is 8.44. The minimum Gasteiger partial charge on any atom is -0.388 e. The number of rotatable bonds is 3. The molecule has 0 bridgehead atoms. The highest BCUT2D eigenvalue weighted by Crippen LogP contribution is 2.41. The van der Waals surface area contributed by atoms with Crippen LogP contribution in [-0.4, -0.2) is 40.8 Å². The number of hydrogen-bond acceptors (Lipinski definition) is 3. The molecule has 2 rings (SSSR count). The van der Waals surface area contributed by atoms with Crippen molar-refractivity contribution in [2.24, 2.45) is 17.8 Å². The molecule has 1 saturated carbocycles. The van der Waals surface area contributed by atoms with E-state index in [9.17, 15) is 0 Å². The van der Waals surface area contributed by atoms with Crippen LogP contribution >= 0.6 is 0 Å². The zero-order valence-corrected chi connectivity index (χ0v) is 12.8. The molecule has 0 aromatic carbocycles. The van der Waals surface area contributed by atoms with E-state index < -0.39 is 9.45 Å². The Kier molecular flexibility index (Phi) is 4.63. The van der Waals surface area contributed by atoms with E-state index in [-0.39, 0.29) is 0 Å². The van der Waals surface area contributed by atoms with Crippen molar-refractivity contribution in [1.29, 1.82) is 0 Å². The Morgan fingerprint density at radius 2 is 1.76 bits per heavy atom. The maximum absolute atomic E-state index is 5.60. The van der Waals surface area contributed by atoms with Gasteiger partial charge in [0.15, 0.2) is 0 Å². The fourth-order valence-electron chi connectivity index (χ4n) is 3.78. The highest BCUT2D eigenvalue weighted by Gasteiger charge is 2.42. The van der Waals surface area contributed by atoms with Gasteiger partial charge in [0.05, 0.1) is 0 Å². The number of fused-ring (bicyclic) bond motifs is 1. The fourth-order valence-corrected chi connectivity index (χ4v) is 5.53. The van der Waals surface area contributed by atoms with Gasteiger partial charge in [-0.2, -0.15) is 0 Å². The van der Waals surface area contributed by atoms with Crippen molar-refractivity contribution in [1.82, 2.24) is 4.57 Å². The monoisotopic (exact) mass is 257 g/mol. The van der Waals surface area contributed by atoms with Gasteiger partial charge in [-0.25, -0.2) is 0 Å². The van der Waals surface area contributed by atoms with E-state index in [1.165, 1.54) is 32.2 Å². The number of piperidine rings is 1. The molecule has 1 saturated heterocycles. The second-order valence-electron chi connectivity index (χ2n) is 5.93. The molecule has 3 nitrogen and oxygen atoms in total. The predicted molar refractivity (Wildman–Crippen MR) is 71.9 cm³/mol. The second-order valence-corrected chi connectivity index (χ2v) is 8.15. The molecule has 100 valence electrons. The van der Waals surface area contributed by atoms with Crippen molar-refractivity contribution in [2.45, 2.75) is 45.6 Å². The molecule has 1 heterocycles. The van der Waals surface area contributed by atoms with Crippen molar-refractivity contribution in [3.8, 4) is 0 Å². The molecule has 0 amide bonds. The van der Waals surface area contributed by atoms with E-state index in [4.69, 9.17) is 8.85 Å². The predicted octanol–water partition coefficient (Wildman–Crippen LogP) is 2.14. The summed E-state index contributed by atoms with van der Waals surface area (Å²) in [5.41, 5.74) is 0. The summed E-state index contributed by atoms with van der Waals surface area (Å²) in [6.45, 7) is 6.00. The summed E-state index contributed by atoms with van der Waals surface area (Å²) in [4.78, 5) is 0. The zero-order chi connectivity index (χ0) is 12.4. The molecule has 2 fully saturated rings. The van der Waals surface area contributed by atoms with Gasteiger partial charge in [-0.3, -0.25) is 4.57 Å². The summed E-state index contributed by atoms with van der Waals surface area (Å²) >= 11 is 0. The van der Waals surface area contributed by atoms with E-state index in [0.29, 0.717) is 0 Å². The quantitative estimate of drug-likeness (QED) is 0.723. The Morgan fingerprint density at radius 1 is 1.06 bits per heavy atom. The molecule has 4 unspecified atom stereocenters. The summed E-state index contributed by atoms with van der Waals surface area (Å²) in [5.74, 6) is 2.62. The summed E-state index contributed by atoms with van der Waals surface area (Å²) in [7, 11) is 2.02. The lowest BCUT2D eigenvalue weighted by Gasteiger charge is -2.50. The van der Waals surface area contributed by atoms with E-state index in [1.54, 1.807) is 14.2 Å². The lowest BCUT2D eigenvalue weighted by atomic mass is 9.70. The average molecular weight is 257 g/mol. The van der Waals surface area contributed by atoms with Gasteiger partial charge in [0.2, 0.25) is 0 Å². The van der Waals surface area contributed by atoms with Crippen LogP contribution in [0.1, 0.15) is 39.5 Å². The first-order valence-electron chi connectivity index (χ1n) is 6.98. The lowest BCUT2D eigenvalue weighted by Crippen LogP contribution is -2.58. The van der Waals surface area contributed by atoms with Gasteiger partial charge in [-0.05, 0) is 43.6 Å². The minimum atomic E-state index is -1.59. The Morgan fingerprint density at radius 3 is 2.41 bits per heavy atom. The molecular weight excluding hydrogens is 230 g/mol. The van der Waals surface area contributed by atoms with Gasteiger partial charge in [-0.15, -0.1) is 0 Å². The average Bonchev–Trinajstić information content (AvgIpc) is 2.33. The van der Waals surface area contributed by atoms with E-state index in [2.05, 4.69) is 18.4 Å². The molecule has 0 aromatic heterocycles. The topological polar surface area (TPSA) is 21.7 Å². The molecule has 0 spiro atoms. The molecule has 2 aliphatic rings. The van der Waals surface area contributed by atoms with Gasteiger partial charge in [0, 0.05) is 20.3 Å². The van der Waals surface area contributed by atoms with E-state index in [1.807, 2.05) is 0 Å². The van der Waals surface area contributed by atoms with Crippen LogP contribution in [0.4, 0.5) is 0 Å². The molecular formula is C13H27NO2Si.